The molecular weight excluding hydrogens is 232 g/mol. The van der Waals surface area contributed by atoms with Gasteiger partial charge >= 0.3 is 0 Å². The van der Waals surface area contributed by atoms with Gasteiger partial charge in [0, 0.05) is 18.3 Å². The molecular formula is C13H16N2O3. The van der Waals surface area contributed by atoms with Crippen molar-refractivity contribution in [1.29, 1.82) is 0 Å². The molecule has 1 fully saturated rings. The first-order valence-electron chi connectivity index (χ1n) is 6.11. The minimum atomic E-state index is -0.408. The maximum atomic E-state index is 10.6. The van der Waals surface area contributed by atoms with E-state index in [0.717, 1.165) is 31.2 Å². The van der Waals surface area contributed by atoms with E-state index in [1.54, 1.807) is 18.3 Å². The average Bonchev–Trinajstić information content (AvgIpc) is 2.38. The van der Waals surface area contributed by atoms with Gasteiger partial charge in [0.1, 0.15) is 0 Å². The minimum absolute atomic E-state index is 0.0815. The lowest BCUT2D eigenvalue weighted by Gasteiger charge is -2.22. The molecule has 1 aromatic rings. The maximum Gasteiger partial charge on any atom is 0.270 e. The topological polar surface area (TPSA) is 75.7 Å². The largest absolute Gasteiger partial charge is 0.393 e. The fourth-order valence-electron chi connectivity index (χ4n) is 2.12. The molecule has 0 unspecified atom stereocenters. The van der Waals surface area contributed by atoms with Crippen LogP contribution < -0.4 is 0 Å². The predicted octanol–water partition coefficient (Wildman–Crippen LogP) is 2.32. The van der Waals surface area contributed by atoms with Crippen LogP contribution in [-0.4, -0.2) is 28.4 Å². The summed E-state index contributed by atoms with van der Waals surface area (Å²) in [5, 5.41) is 20.0. The van der Waals surface area contributed by atoms with Crippen LogP contribution in [0.4, 0.5) is 5.69 Å². The van der Waals surface area contributed by atoms with Crippen LogP contribution in [0.25, 0.3) is 0 Å². The SMILES string of the molecule is O=[N+]([O-])c1cccc(C=NC2CCC(O)CC2)c1. The number of aliphatic hydroxyl groups is 1. The fraction of sp³-hybridized carbons (Fsp3) is 0.462. The highest BCUT2D eigenvalue weighted by Gasteiger charge is 2.17. The Balaban J connectivity index is 2.00. The van der Waals surface area contributed by atoms with E-state index >= 15 is 0 Å². The molecule has 0 radical (unpaired) electrons. The van der Waals surface area contributed by atoms with Gasteiger partial charge in [-0.3, -0.25) is 15.1 Å². The van der Waals surface area contributed by atoms with Gasteiger partial charge in [0.05, 0.1) is 17.1 Å². The Morgan fingerprint density at radius 1 is 1.33 bits per heavy atom. The highest BCUT2D eigenvalue weighted by Crippen LogP contribution is 2.21. The maximum absolute atomic E-state index is 10.6. The molecule has 0 atom stereocenters. The Bertz CT molecular complexity index is 451. The summed E-state index contributed by atoms with van der Waals surface area (Å²) < 4.78 is 0. The zero-order chi connectivity index (χ0) is 13.0. The predicted molar refractivity (Wildman–Crippen MR) is 69.0 cm³/mol. The van der Waals surface area contributed by atoms with Crippen molar-refractivity contribution in [2.24, 2.45) is 4.99 Å². The molecule has 0 aromatic heterocycles. The zero-order valence-corrected chi connectivity index (χ0v) is 10.0. The third-order valence-electron chi connectivity index (χ3n) is 3.18. The van der Waals surface area contributed by atoms with Crippen molar-refractivity contribution in [3.05, 3.63) is 39.9 Å². The molecule has 5 nitrogen and oxygen atoms in total. The lowest BCUT2D eigenvalue weighted by atomic mass is 9.93. The second kappa shape index (κ2) is 5.73. The van der Waals surface area contributed by atoms with Gasteiger partial charge in [-0.15, -0.1) is 0 Å². The van der Waals surface area contributed by atoms with E-state index in [-0.39, 0.29) is 17.8 Å². The van der Waals surface area contributed by atoms with E-state index in [1.807, 2.05) is 0 Å². The number of hydrogen-bond acceptors (Lipinski definition) is 4. The second-order valence-electron chi connectivity index (χ2n) is 4.59. The van der Waals surface area contributed by atoms with Crippen LogP contribution in [0.3, 0.4) is 0 Å². The molecule has 1 saturated carbocycles. The third-order valence-corrected chi connectivity index (χ3v) is 3.18. The van der Waals surface area contributed by atoms with Crippen LogP contribution in [0.1, 0.15) is 31.2 Å². The van der Waals surface area contributed by atoms with Crippen LogP contribution in [0.15, 0.2) is 29.3 Å². The summed E-state index contributed by atoms with van der Waals surface area (Å²) in [6.07, 6.45) is 4.84. The molecule has 0 bridgehead atoms. The quantitative estimate of drug-likeness (QED) is 0.506. The smallest absolute Gasteiger partial charge is 0.270 e. The molecule has 0 saturated heterocycles. The molecule has 1 aliphatic carbocycles. The molecule has 1 N–H and O–H groups in total. The molecule has 0 aliphatic heterocycles. The van der Waals surface area contributed by atoms with Crippen molar-refractivity contribution < 1.29 is 10.0 Å². The minimum Gasteiger partial charge on any atom is -0.393 e. The first-order chi connectivity index (χ1) is 8.65. The summed E-state index contributed by atoms with van der Waals surface area (Å²) in [6.45, 7) is 0. The molecule has 96 valence electrons. The van der Waals surface area contributed by atoms with Gasteiger partial charge in [0.15, 0.2) is 0 Å². The first kappa shape index (κ1) is 12.7. The summed E-state index contributed by atoms with van der Waals surface area (Å²) >= 11 is 0. The third kappa shape index (κ3) is 3.37. The summed E-state index contributed by atoms with van der Waals surface area (Å²) in [5.41, 5.74) is 0.827. The Kier molecular flexibility index (Phi) is 4.04. The number of rotatable bonds is 3. The molecule has 5 heteroatoms. The normalized spacial score (nSPS) is 24.3. The van der Waals surface area contributed by atoms with Crippen molar-refractivity contribution in [3.8, 4) is 0 Å². The van der Waals surface area contributed by atoms with Crippen LogP contribution in [0.2, 0.25) is 0 Å². The van der Waals surface area contributed by atoms with Crippen LogP contribution in [-0.2, 0) is 0 Å². The number of aliphatic hydroxyl groups excluding tert-OH is 1. The van der Waals surface area contributed by atoms with E-state index in [1.165, 1.54) is 12.1 Å². The van der Waals surface area contributed by atoms with Gasteiger partial charge in [-0.1, -0.05) is 12.1 Å². The van der Waals surface area contributed by atoms with Crippen molar-refractivity contribution >= 4 is 11.9 Å². The Morgan fingerprint density at radius 2 is 2.06 bits per heavy atom. The highest BCUT2D eigenvalue weighted by atomic mass is 16.6. The van der Waals surface area contributed by atoms with Crippen LogP contribution >= 0.6 is 0 Å². The molecule has 0 amide bonds. The Labute approximate surface area is 105 Å². The van der Waals surface area contributed by atoms with Gasteiger partial charge in [-0.25, -0.2) is 0 Å². The summed E-state index contributed by atoms with van der Waals surface area (Å²) in [7, 11) is 0. The van der Waals surface area contributed by atoms with Gasteiger partial charge < -0.3 is 5.11 Å². The number of nitrogens with zero attached hydrogens (tertiary/aromatic N) is 2. The monoisotopic (exact) mass is 248 g/mol. The second-order valence-corrected chi connectivity index (χ2v) is 4.59. The van der Waals surface area contributed by atoms with Crippen molar-refractivity contribution in [1.82, 2.24) is 0 Å². The summed E-state index contributed by atoms with van der Waals surface area (Å²) in [4.78, 5) is 14.6. The van der Waals surface area contributed by atoms with Gasteiger partial charge in [-0.05, 0) is 31.2 Å². The van der Waals surface area contributed by atoms with Gasteiger partial charge in [-0.2, -0.15) is 0 Å². The fourth-order valence-corrected chi connectivity index (χ4v) is 2.12. The molecule has 1 aromatic carbocycles. The molecule has 0 spiro atoms. The van der Waals surface area contributed by atoms with E-state index in [2.05, 4.69) is 4.99 Å². The summed E-state index contributed by atoms with van der Waals surface area (Å²) in [6, 6.07) is 6.67. The van der Waals surface area contributed by atoms with E-state index in [4.69, 9.17) is 0 Å². The molecule has 0 heterocycles. The van der Waals surface area contributed by atoms with E-state index in [0.29, 0.717) is 0 Å². The number of aliphatic imine (C=N–C) groups is 1. The molecule has 18 heavy (non-hydrogen) atoms. The van der Waals surface area contributed by atoms with Crippen LogP contribution in [0, 0.1) is 10.1 Å². The van der Waals surface area contributed by atoms with Crippen molar-refractivity contribution in [3.63, 3.8) is 0 Å². The van der Waals surface area contributed by atoms with E-state index in [9.17, 15) is 15.2 Å². The number of hydrogen-bond donors (Lipinski definition) is 1. The van der Waals surface area contributed by atoms with Crippen molar-refractivity contribution in [2.75, 3.05) is 0 Å². The summed E-state index contributed by atoms with van der Waals surface area (Å²) in [5.74, 6) is 0. The Hall–Kier alpha value is -1.75. The van der Waals surface area contributed by atoms with Crippen molar-refractivity contribution in [2.45, 2.75) is 37.8 Å². The van der Waals surface area contributed by atoms with Crippen LogP contribution in [0.5, 0.6) is 0 Å². The average molecular weight is 248 g/mol. The Morgan fingerprint density at radius 3 is 2.72 bits per heavy atom. The lowest BCUT2D eigenvalue weighted by Crippen LogP contribution is -2.20. The lowest BCUT2D eigenvalue weighted by molar-refractivity contribution is -0.384. The number of nitro benzene ring substituents is 1. The molecule has 2 rings (SSSR count). The number of benzene rings is 1. The number of non-ortho nitro benzene ring substituents is 1. The van der Waals surface area contributed by atoms with Gasteiger partial charge in [0.2, 0.25) is 0 Å². The zero-order valence-electron chi connectivity index (χ0n) is 10.0. The van der Waals surface area contributed by atoms with E-state index < -0.39 is 4.92 Å². The number of nitro groups is 1. The van der Waals surface area contributed by atoms with Gasteiger partial charge in [0.25, 0.3) is 5.69 Å². The first-order valence-corrected chi connectivity index (χ1v) is 6.11. The highest BCUT2D eigenvalue weighted by molar-refractivity contribution is 5.80. The standard InChI is InChI=1S/C13H16N2O3/c16-13-6-4-11(5-7-13)14-9-10-2-1-3-12(8-10)15(17)18/h1-3,8-9,11,13,16H,4-7H2. The molecule has 1 aliphatic rings.